The first-order valence-electron chi connectivity index (χ1n) is 4.66. The summed E-state index contributed by atoms with van der Waals surface area (Å²) < 4.78 is 5.10. The van der Waals surface area contributed by atoms with Gasteiger partial charge in [-0.05, 0) is 30.5 Å². The Morgan fingerprint density at radius 3 is 2.62 bits per heavy atom. The van der Waals surface area contributed by atoms with Crippen molar-refractivity contribution in [2.75, 3.05) is 7.11 Å². The summed E-state index contributed by atoms with van der Waals surface area (Å²) in [5, 5.41) is 8.66. The zero-order chi connectivity index (χ0) is 11.4. The molecule has 5 heteroatoms. The number of benzene rings is 1. The van der Waals surface area contributed by atoms with Gasteiger partial charge in [-0.1, -0.05) is 12.1 Å². The summed E-state index contributed by atoms with van der Waals surface area (Å²) in [6.45, 7) is 1.91. The lowest BCUT2D eigenvalue weighted by molar-refractivity contribution is -0.138. The number of carboxylic acid groups (broad SMARTS) is 1. The number of aliphatic carboxylic acids is 1. The number of hydrogen-bond donors (Lipinski definition) is 2. The Hall–Kier alpha value is -1.26. The second-order valence-electron chi connectivity index (χ2n) is 3.45. The number of ether oxygens (including phenoxy) is 1. The molecule has 0 heterocycles. The minimum Gasteiger partial charge on any atom is -0.496 e. The van der Waals surface area contributed by atoms with Crippen LogP contribution < -0.4 is 10.5 Å². The summed E-state index contributed by atoms with van der Waals surface area (Å²) in [7, 11) is 1.60. The highest BCUT2D eigenvalue weighted by atomic mass is 35.5. The van der Waals surface area contributed by atoms with Crippen LogP contribution in [0.2, 0.25) is 0 Å². The van der Waals surface area contributed by atoms with E-state index in [9.17, 15) is 4.79 Å². The monoisotopic (exact) mass is 245 g/mol. The topological polar surface area (TPSA) is 72.5 Å². The van der Waals surface area contributed by atoms with Crippen molar-refractivity contribution in [1.82, 2.24) is 0 Å². The molecule has 0 fully saturated rings. The number of hydrogen-bond acceptors (Lipinski definition) is 3. The molecule has 0 amide bonds. The third-order valence-electron chi connectivity index (χ3n) is 2.23. The summed E-state index contributed by atoms with van der Waals surface area (Å²) in [5.74, 6) is -0.189. The van der Waals surface area contributed by atoms with Gasteiger partial charge in [-0.25, -0.2) is 0 Å². The number of carbonyl (C=O) groups is 1. The van der Waals surface area contributed by atoms with Gasteiger partial charge in [-0.15, -0.1) is 12.4 Å². The molecule has 1 rings (SSSR count). The van der Waals surface area contributed by atoms with E-state index in [1.165, 1.54) is 0 Å². The van der Waals surface area contributed by atoms with Crippen LogP contribution in [0.5, 0.6) is 5.75 Å². The van der Waals surface area contributed by atoms with E-state index in [-0.39, 0.29) is 12.4 Å². The average molecular weight is 246 g/mol. The Kier molecular flexibility index (Phi) is 5.85. The number of methoxy groups -OCH3 is 1. The molecule has 0 radical (unpaired) electrons. The normalized spacial score (nSPS) is 11.4. The summed E-state index contributed by atoms with van der Waals surface area (Å²) in [4.78, 5) is 10.6. The highest BCUT2D eigenvalue weighted by molar-refractivity contribution is 5.85. The van der Waals surface area contributed by atoms with E-state index in [4.69, 9.17) is 15.6 Å². The Labute approximate surface area is 101 Å². The van der Waals surface area contributed by atoms with Crippen molar-refractivity contribution >= 4 is 18.4 Å². The third kappa shape index (κ3) is 3.72. The lowest BCUT2D eigenvalue weighted by Crippen LogP contribution is -2.32. The van der Waals surface area contributed by atoms with E-state index < -0.39 is 12.0 Å². The third-order valence-corrected chi connectivity index (χ3v) is 2.23. The Bertz CT molecular complexity index is 368. The van der Waals surface area contributed by atoms with Crippen molar-refractivity contribution < 1.29 is 14.6 Å². The number of halogens is 1. The van der Waals surface area contributed by atoms with Gasteiger partial charge in [0.2, 0.25) is 0 Å². The molecule has 1 atom stereocenters. The van der Waals surface area contributed by atoms with Crippen LogP contribution in [0.25, 0.3) is 0 Å². The van der Waals surface area contributed by atoms with Gasteiger partial charge in [0.15, 0.2) is 0 Å². The van der Waals surface area contributed by atoms with Crippen LogP contribution >= 0.6 is 12.4 Å². The zero-order valence-corrected chi connectivity index (χ0v) is 10.1. The van der Waals surface area contributed by atoms with Gasteiger partial charge in [0.1, 0.15) is 11.8 Å². The van der Waals surface area contributed by atoms with Crippen molar-refractivity contribution in [3.05, 3.63) is 29.3 Å². The molecule has 0 saturated carbocycles. The molecule has 0 aliphatic heterocycles. The Morgan fingerprint density at radius 2 is 2.19 bits per heavy atom. The molecule has 3 N–H and O–H groups in total. The van der Waals surface area contributed by atoms with Gasteiger partial charge in [0.25, 0.3) is 0 Å². The molecule has 16 heavy (non-hydrogen) atoms. The lowest BCUT2D eigenvalue weighted by atomic mass is 10.0. The van der Waals surface area contributed by atoms with Gasteiger partial charge in [0, 0.05) is 0 Å². The fourth-order valence-electron chi connectivity index (χ4n) is 1.41. The maximum Gasteiger partial charge on any atom is 0.320 e. The molecule has 0 aromatic heterocycles. The van der Waals surface area contributed by atoms with Crippen molar-refractivity contribution in [1.29, 1.82) is 0 Å². The number of nitrogens with two attached hydrogens (primary N) is 1. The second-order valence-corrected chi connectivity index (χ2v) is 3.45. The van der Waals surface area contributed by atoms with E-state index in [2.05, 4.69) is 0 Å². The molecule has 1 aromatic rings. The van der Waals surface area contributed by atoms with E-state index >= 15 is 0 Å². The minimum absolute atomic E-state index is 0. The first-order valence-corrected chi connectivity index (χ1v) is 4.66. The van der Waals surface area contributed by atoms with Gasteiger partial charge < -0.3 is 15.6 Å². The summed E-state index contributed by atoms with van der Waals surface area (Å²) in [5.41, 5.74) is 7.32. The van der Waals surface area contributed by atoms with E-state index in [0.717, 1.165) is 16.9 Å². The van der Waals surface area contributed by atoms with Crippen LogP contribution in [0.4, 0.5) is 0 Å². The van der Waals surface area contributed by atoms with E-state index in [1.807, 2.05) is 25.1 Å². The van der Waals surface area contributed by atoms with Gasteiger partial charge in [0.05, 0.1) is 7.11 Å². The fraction of sp³-hybridized carbons (Fsp3) is 0.364. The van der Waals surface area contributed by atoms with Crippen LogP contribution in [-0.4, -0.2) is 24.2 Å². The smallest absolute Gasteiger partial charge is 0.320 e. The molecule has 0 saturated heterocycles. The Balaban J connectivity index is 0.00000225. The summed E-state index contributed by atoms with van der Waals surface area (Å²) in [6, 6.07) is 4.69. The molecule has 90 valence electrons. The molecule has 0 bridgehead atoms. The summed E-state index contributed by atoms with van der Waals surface area (Å²) >= 11 is 0. The molecule has 4 nitrogen and oxygen atoms in total. The SMILES string of the molecule is COc1ccc(CC(N)C(=O)O)cc1C.Cl. The first-order chi connectivity index (χ1) is 7.04. The lowest BCUT2D eigenvalue weighted by Gasteiger charge is -2.09. The van der Waals surface area contributed by atoms with Crippen LogP contribution in [0.15, 0.2) is 18.2 Å². The molecule has 0 aliphatic carbocycles. The van der Waals surface area contributed by atoms with E-state index in [1.54, 1.807) is 7.11 Å². The predicted molar refractivity (Wildman–Crippen MR) is 64.3 cm³/mol. The first kappa shape index (κ1) is 14.7. The molecule has 0 aliphatic rings. The van der Waals surface area contributed by atoms with Crippen molar-refractivity contribution in [2.45, 2.75) is 19.4 Å². The van der Waals surface area contributed by atoms with Crippen molar-refractivity contribution in [3.63, 3.8) is 0 Å². The molecule has 1 aromatic carbocycles. The molecule has 0 spiro atoms. The standard InChI is InChI=1S/C11H15NO3.ClH/c1-7-5-8(3-4-10(7)15-2)6-9(12)11(13)14;/h3-5,9H,6,12H2,1-2H3,(H,13,14);1H. The van der Waals surface area contributed by atoms with Gasteiger partial charge in [-0.2, -0.15) is 0 Å². The predicted octanol–water partition coefficient (Wildman–Crippen LogP) is 1.38. The molecule has 1 unspecified atom stereocenters. The van der Waals surface area contributed by atoms with Gasteiger partial charge in [-0.3, -0.25) is 4.79 Å². The quantitative estimate of drug-likeness (QED) is 0.841. The number of aryl methyl sites for hydroxylation is 1. The average Bonchev–Trinajstić information content (AvgIpc) is 2.18. The second kappa shape index (κ2) is 6.35. The van der Waals surface area contributed by atoms with Crippen LogP contribution in [-0.2, 0) is 11.2 Å². The highest BCUT2D eigenvalue weighted by Gasteiger charge is 2.12. The zero-order valence-electron chi connectivity index (χ0n) is 9.27. The molecular formula is C11H16ClNO3. The fourth-order valence-corrected chi connectivity index (χ4v) is 1.41. The van der Waals surface area contributed by atoms with Crippen LogP contribution in [0.1, 0.15) is 11.1 Å². The maximum atomic E-state index is 10.6. The Morgan fingerprint density at radius 1 is 1.56 bits per heavy atom. The van der Waals surface area contributed by atoms with E-state index in [0.29, 0.717) is 6.42 Å². The van der Waals surface area contributed by atoms with Crippen LogP contribution in [0, 0.1) is 6.92 Å². The molecular weight excluding hydrogens is 230 g/mol. The maximum absolute atomic E-state index is 10.6. The number of rotatable bonds is 4. The largest absolute Gasteiger partial charge is 0.496 e. The highest BCUT2D eigenvalue weighted by Crippen LogP contribution is 2.19. The van der Waals surface area contributed by atoms with Crippen LogP contribution in [0.3, 0.4) is 0 Å². The van der Waals surface area contributed by atoms with Crippen molar-refractivity contribution in [3.8, 4) is 5.75 Å². The number of carboxylic acids is 1. The minimum atomic E-state index is -0.983. The van der Waals surface area contributed by atoms with Gasteiger partial charge >= 0.3 is 5.97 Å². The summed E-state index contributed by atoms with van der Waals surface area (Å²) in [6.07, 6.45) is 0.333. The van der Waals surface area contributed by atoms with Crippen molar-refractivity contribution in [2.24, 2.45) is 5.73 Å².